The van der Waals surface area contributed by atoms with Crippen LogP contribution in [0.15, 0.2) is 46.9 Å². The summed E-state index contributed by atoms with van der Waals surface area (Å²) in [5.41, 5.74) is 2.93. The van der Waals surface area contributed by atoms with Gasteiger partial charge in [-0.05, 0) is 41.8 Å². The van der Waals surface area contributed by atoms with E-state index in [2.05, 4.69) is 15.9 Å². The fourth-order valence-corrected chi connectivity index (χ4v) is 2.05. The number of hydrogen-bond donors (Lipinski definition) is 1. The SMILES string of the molecule is Cc1cc(OCc2ccc(CC(=O)O)cc2)ccc1Br. The van der Waals surface area contributed by atoms with E-state index in [1.165, 1.54) is 0 Å². The average Bonchev–Trinajstić information content (AvgIpc) is 2.41. The van der Waals surface area contributed by atoms with Crippen molar-refractivity contribution in [2.45, 2.75) is 20.0 Å². The van der Waals surface area contributed by atoms with E-state index in [1.807, 2.05) is 49.4 Å². The van der Waals surface area contributed by atoms with Gasteiger partial charge in [0.25, 0.3) is 0 Å². The Morgan fingerprint density at radius 2 is 1.80 bits per heavy atom. The van der Waals surface area contributed by atoms with Crippen LogP contribution in [0.5, 0.6) is 5.75 Å². The first kappa shape index (κ1) is 14.6. The van der Waals surface area contributed by atoms with Gasteiger partial charge in [0.15, 0.2) is 0 Å². The molecule has 4 heteroatoms. The number of carboxylic acids is 1. The van der Waals surface area contributed by atoms with E-state index in [1.54, 1.807) is 0 Å². The smallest absolute Gasteiger partial charge is 0.307 e. The Labute approximate surface area is 126 Å². The second kappa shape index (κ2) is 6.57. The molecule has 0 saturated heterocycles. The Morgan fingerprint density at radius 3 is 2.40 bits per heavy atom. The molecule has 0 atom stereocenters. The molecule has 2 rings (SSSR count). The van der Waals surface area contributed by atoms with Crippen molar-refractivity contribution in [3.8, 4) is 5.75 Å². The number of aryl methyl sites for hydroxylation is 1. The lowest BCUT2D eigenvalue weighted by molar-refractivity contribution is -0.136. The standard InChI is InChI=1S/C16H15BrO3/c1-11-8-14(6-7-15(11)17)20-10-13-4-2-12(3-5-13)9-16(18)19/h2-8H,9-10H2,1H3,(H,18,19). The van der Waals surface area contributed by atoms with Crippen LogP contribution in [-0.4, -0.2) is 11.1 Å². The minimum absolute atomic E-state index is 0.0487. The summed E-state index contributed by atoms with van der Waals surface area (Å²) < 4.78 is 6.77. The molecule has 2 aromatic rings. The van der Waals surface area contributed by atoms with E-state index in [0.29, 0.717) is 6.61 Å². The normalized spacial score (nSPS) is 10.3. The molecule has 3 nitrogen and oxygen atoms in total. The van der Waals surface area contributed by atoms with Crippen molar-refractivity contribution in [2.24, 2.45) is 0 Å². The summed E-state index contributed by atoms with van der Waals surface area (Å²) in [6.45, 7) is 2.48. The number of rotatable bonds is 5. The molecular weight excluding hydrogens is 320 g/mol. The maximum absolute atomic E-state index is 10.6. The van der Waals surface area contributed by atoms with Gasteiger partial charge in [0.2, 0.25) is 0 Å². The van der Waals surface area contributed by atoms with E-state index in [-0.39, 0.29) is 6.42 Å². The van der Waals surface area contributed by atoms with Crippen molar-refractivity contribution in [2.75, 3.05) is 0 Å². The lowest BCUT2D eigenvalue weighted by atomic mass is 10.1. The highest BCUT2D eigenvalue weighted by atomic mass is 79.9. The molecule has 0 aromatic heterocycles. The predicted octanol–water partition coefficient (Wildman–Crippen LogP) is 3.96. The first-order valence-corrected chi connectivity index (χ1v) is 7.02. The molecular formula is C16H15BrO3. The molecule has 0 heterocycles. The largest absolute Gasteiger partial charge is 0.489 e. The fraction of sp³-hybridized carbons (Fsp3) is 0.188. The zero-order chi connectivity index (χ0) is 14.5. The summed E-state index contributed by atoms with van der Waals surface area (Å²) >= 11 is 3.45. The highest BCUT2D eigenvalue weighted by Crippen LogP contribution is 2.22. The quantitative estimate of drug-likeness (QED) is 0.900. The average molecular weight is 335 g/mol. The van der Waals surface area contributed by atoms with E-state index < -0.39 is 5.97 Å². The third-order valence-corrected chi connectivity index (χ3v) is 3.80. The number of ether oxygens (including phenoxy) is 1. The topological polar surface area (TPSA) is 46.5 Å². The van der Waals surface area contributed by atoms with Crippen molar-refractivity contribution in [1.29, 1.82) is 0 Å². The monoisotopic (exact) mass is 334 g/mol. The highest BCUT2D eigenvalue weighted by molar-refractivity contribution is 9.10. The van der Waals surface area contributed by atoms with Crippen LogP contribution in [-0.2, 0) is 17.8 Å². The van der Waals surface area contributed by atoms with Crippen LogP contribution in [0.2, 0.25) is 0 Å². The van der Waals surface area contributed by atoms with E-state index >= 15 is 0 Å². The molecule has 0 amide bonds. The molecule has 0 spiro atoms. The maximum Gasteiger partial charge on any atom is 0.307 e. The first-order valence-electron chi connectivity index (χ1n) is 6.23. The second-order valence-corrected chi connectivity index (χ2v) is 5.44. The second-order valence-electron chi connectivity index (χ2n) is 4.59. The van der Waals surface area contributed by atoms with Crippen LogP contribution in [0.1, 0.15) is 16.7 Å². The Bertz CT molecular complexity index is 606. The highest BCUT2D eigenvalue weighted by Gasteiger charge is 2.02. The van der Waals surface area contributed by atoms with Gasteiger partial charge in [-0.25, -0.2) is 0 Å². The molecule has 0 fully saturated rings. The van der Waals surface area contributed by atoms with Gasteiger partial charge in [0, 0.05) is 4.47 Å². The van der Waals surface area contributed by atoms with Crippen LogP contribution in [0.3, 0.4) is 0 Å². The van der Waals surface area contributed by atoms with Crippen LogP contribution in [0, 0.1) is 6.92 Å². The summed E-state index contributed by atoms with van der Waals surface area (Å²) in [6.07, 6.45) is 0.0487. The van der Waals surface area contributed by atoms with Crippen LogP contribution in [0.4, 0.5) is 0 Å². The maximum atomic E-state index is 10.6. The van der Waals surface area contributed by atoms with Crippen molar-refractivity contribution >= 4 is 21.9 Å². The van der Waals surface area contributed by atoms with Gasteiger partial charge in [-0.3, -0.25) is 4.79 Å². The van der Waals surface area contributed by atoms with Crippen molar-refractivity contribution in [3.63, 3.8) is 0 Å². The summed E-state index contributed by atoms with van der Waals surface area (Å²) in [4.78, 5) is 10.6. The third kappa shape index (κ3) is 4.10. The lowest BCUT2D eigenvalue weighted by Gasteiger charge is -2.08. The molecule has 0 aliphatic rings. The van der Waals surface area contributed by atoms with Crippen LogP contribution < -0.4 is 4.74 Å². The zero-order valence-electron chi connectivity index (χ0n) is 11.1. The van der Waals surface area contributed by atoms with Crippen molar-refractivity contribution in [1.82, 2.24) is 0 Å². The summed E-state index contributed by atoms with van der Waals surface area (Å²) in [6, 6.07) is 13.3. The van der Waals surface area contributed by atoms with E-state index in [9.17, 15) is 4.79 Å². The van der Waals surface area contributed by atoms with Crippen molar-refractivity contribution in [3.05, 3.63) is 63.6 Å². The van der Waals surface area contributed by atoms with Crippen molar-refractivity contribution < 1.29 is 14.6 Å². The van der Waals surface area contributed by atoms with E-state index in [0.717, 1.165) is 26.9 Å². The fourth-order valence-electron chi connectivity index (χ4n) is 1.80. The predicted molar refractivity (Wildman–Crippen MR) is 81.0 cm³/mol. The number of hydrogen-bond acceptors (Lipinski definition) is 2. The molecule has 0 unspecified atom stereocenters. The Hall–Kier alpha value is -1.81. The molecule has 0 saturated carbocycles. The van der Waals surface area contributed by atoms with Crippen LogP contribution >= 0.6 is 15.9 Å². The number of benzene rings is 2. The molecule has 104 valence electrons. The first-order chi connectivity index (χ1) is 9.54. The van der Waals surface area contributed by atoms with Gasteiger partial charge in [0.1, 0.15) is 12.4 Å². The molecule has 0 aliphatic heterocycles. The van der Waals surface area contributed by atoms with E-state index in [4.69, 9.17) is 9.84 Å². The van der Waals surface area contributed by atoms with Gasteiger partial charge in [-0.2, -0.15) is 0 Å². The zero-order valence-corrected chi connectivity index (χ0v) is 12.7. The minimum Gasteiger partial charge on any atom is -0.489 e. The summed E-state index contributed by atoms with van der Waals surface area (Å²) in [5, 5.41) is 8.71. The number of carbonyl (C=O) groups is 1. The molecule has 20 heavy (non-hydrogen) atoms. The Kier molecular flexibility index (Phi) is 4.79. The minimum atomic E-state index is -0.820. The number of carboxylic acid groups (broad SMARTS) is 1. The van der Waals surface area contributed by atoms with Gasteiger partial charge in [-0.1, -0.05) is 40.2 Å². The van der Waals surface area contributed by atoms with Crippen LogP contribution in [0.25, 0.3) is 0 Å². The van der Waals surface area contributed by atoms with Gasteiger partial charge < -0.3 is 9.84 Å². The molecule has 2 aromatic carbocycles. The van der Waals surface area contributed by atoms with Gasteiger partial charge >= 0.3 is 5.97 Å². The Morgan fingerprint density at radius 1 is 1.15 bits per heavy atom. The molecule has 1 N–H and O–H groups in total. The van der Waals surface area contributed by atoms with Gasteiger partial charge in [-0.15, -0.1) is 0 Å². The number of aliphatic carboxylic acids is 1. The Balaban J connectivity index is 1.96. The summed E-state index contributed by atoms with van der Waals surface area (Å²) in [7, 11) is 0. The number of halogens is 1. The molecule has 0 aliphatic carbocycles. The summed E-state index contributed by atoms with van der Waals surface area (Å²) in [5.74, 6) is -0.000324. The third-order valence-electron chi connectivity index (χ3n) is 2.91. The lowest BCUT2D eigenvalue weighted by Crippen LogP contribution is -2.01. The van der Waals surface area contributed by atoms with Gasteiger partial charge in [0.05, 0.1) is 6.42 Å². The molecule has 0 radical (unpaired) electrons. The molecule has 0 bridgehead atoms.